The van der Waals surface area contributed by atoms with Gasteiger partial charge >= 0.3 is 0 Å². The lowest BCUT2D eigenvalue weighted by molar-refractivity contribution is 0.101. The lowest BCUT2D eigenvalue weighted by Crippen LogP contribution is -2.18. The van der Waals surface area contributed by atoms with Crippen LogP contribution in [-0.2, 0) is 13.1 Å². The number of hydrogen-bond donors (Lipinski definition) is 2. The largest absolute Gasteiger partial charge is 0.326 e. The molecule has 0 saturated carbocycles. The molecule has 36 heavy (non-hydrogen) atoms. The van der Waals surface area contributed by atoms with Gasteiger partial charge < -0.3 is 11.1 Å². The number of carbonyl (C=O) groups excluding carboxylic acids is 1. The SMILES string of the molecule is N#Cc1cc(C(=O)Nc2ccc(-c3ccccc3CN3CCCC3)cc2)n(-c2cccc(CN)c2)n1. The van der Waals surface area contributed by atoms with Crippen molar-refractivity contribution in [1.29, 1.82) is 5.26 Å². The van der Waals surface area contributed by atoms with E-state index in [-0.39, 0.29) is 17.3 Å². The van der Waals surface area contributed by atoms with Gasteiger partial charge in [0, 0.05) is 24.8 Å². The van der Waals surface area contributed by atoms with Crippen LogP contribution in [0.4, 0.5) is 5.69 Å². The van der Waals surface area contributed by atoms with Crippen molar-refractivity contribution in [1.82, 2.24) is 14.7 Å². The molecule has 7 nitrogen and oxygen atoms in total. The Bertz CT molecular complexity index is 1410. The number of anilines is 1. The summed E-state index contributed by atoms with van der Waals surface area (Å²) in [5.74, 6) is -0.343. The smallest absolute Gasteiger partial charge is 0.274 e. The summed E-state index contributed by atoms with van der Waals surface area (Å²) in [6.07, 6.45) is 2.54. The Morgan fingerprint density at radius 1 is 1.00 bits per heavy atom. The van der Waals surface area contributed by atoms with Gasteiger partial charge in [0.15, 0.2) is 5.69 Å². The molecule has 7 heteroatoms. The molecule has 1 saturated heterocycles. The standard InChI is InChI=1S/C29H28N6O/c30-18-21-6-5-8-26(16-21)35-28(17-25(19-31)33-35)29(36)32-24-12-10-22(11-13-24)27-9-2-1-7-23(27)20-34-14-3-4-15-34/h1-2,5-13,16-17H,3-4,14-15,18,20,30H2,(H,32,36). The zero-order valence-electron chi connectivity index (χ0n) is 20.0. The normalized spacial score (nSPS) is 13.4. The summed E-state index contributed by atoms with van der Waals surface area (Å²) in [4.78, 5) is 15.7. The fraction of sp³-hybridized carbons (Fsp3) is 0.207. The van der Waals surface area contributed by atoms with Crippen molar-refractivity contribution >= 4 is 11.6 Å². The van der Waals surface area contributed by atoms with Gasteiger partial charge in [-0.2, -0.15) is 10.4 Å². The van der Waals surface area contributed by atoms with Crippen LogP contribution in [0.1, 0.15) is 40.2 Å². The van der Waals surface area contributed by atoms with Crippen LogP contribution >= 0.6 is 0 Å². The van der Waals surface area contributed by atoms with Crippen molar-refractivity contribution < 1.29 is 4.79 Å². The first kappa shape index (κ1) is 23.5. The third kappa shape index (κ3) is 5.05. The number of nitrogens with two attached hydrogens (primary N) is 1. The molecule has 0 radical (unpaired) electrons. The maximum absolute atomic E-state index is 13.2. The molecule has 2 heterocycles. The highest BCUT2D eigenvalue weighted by Gasteiger charge is 2.18. The Hall–Kier alpha value is -4.25. The van der Waals surface area contributed by atoms with E-state index in [4.69, 9.17) is 5.73 Å². The van der Waals surface area contributed by atoms with Gasteiger partial charge in [0.25, 0.3) is 5.91 Å². The molecule has 0 spiro atoms. The summed E-state index contributed by atoms with van der Waals surface area (Å²) in [6.45, 7) is 3.63. The van der Waals surface area contributed by atoms with E-state index in [0.29, 0.717) is 17.9 Å². The topological polar surface area (TPSA) is 100.0 Å². The Kier molecular flexibility index (Phi) is 6.89. The van der Waals surface area contributed by atoms with E-state index in [1.54, 1.807) is 0 Å². The molecule has 1 aliphatic heterocycles. The minimum atomic E-state index is -0.343. The van der Waals surface area contributed by atoms with E-state index in [9.17, 15) is 10.1 Å². The first-order valence-electron chi connectivity index (χ1n) is 12.2. The number of carbonyl (C=O) groups is 1. The molecule has 180 valence electrons. The molecule has 4 aromatic rings. The number of amides is 1. The minimum Gasteiger partial charge on any atom is -0.326 e. The second kappa shape index (κ2) is 10.6. The number of nitrogens with zero attached hydrogens (tertiary/aromatic N) is 4. The molecule has 0 unspecified atom stereocenters. The average molecular weight is 477 g/mol. The van der Waals surface area contributed by atoms with E-state index in [1.165, 1.54) is 34.7 Å². The van der Waals surface area contributed by atoms with Crippen LogP contribution in [0.2, 0.25) is 0 Å². The summed E-state index contributed by atoms with van der Waals surface area (Å²) in [6, 6.07) is 27.3. The molecule has 3 aromatic carbocycles. The van der Waals surface area contributed by atoms with E-state index in [1.807, 2.05) is 54.6 Å². The Morgan fingerprint density at radius 3 is 2.53 bits per heavy atom. The molecule has 3 N–H and O–H groups in total. The van der Waals surface area contributed by atoms with Crippen LogP contribution in [-0.4, -0.2) is 33.7 Å². The van der Waals surface area contributed by atoms with E-state index in [2.05, 4.69) is 39.6 Å². The Balaban J connectivity index is 1.36. The third-order valence-electron chi connectivity index (χ3n) is 6.51. The summed E-state index contributed by atoms with van der Waals surface area (Å²) in [5.41, 5.74) is 12.1. The van der Waals surface area contributed by atoms with Gasteiger partial charge in [-0.15, -0.1) is 0 Å². The zero-order valence-corrected chi connectivity index (χ0v) is 20.0. The molecular formula is C29H28N6O. The second-order valence-corrected chi connectivity index (χ2v) is 8.98. The third-order valence-corrected chi connectivity index (χ3v) is 6.51. The molecule has 0 aliphatic carbocycles. The maximum atomic E-state index is 13.2. The van der Waals surface area contributed by atoms with E-state index >= 15 is 0 Å². The van der Waals surface area contributed by atoms with Crippen LogP contribution in [0, 0.1) is 11.3 Å². The van der Waals surface area contributed by atoms with Crippen LogP contribution in [0.25, 0.3) is 16.8 Å². The van der Waals surface area contributed by atoms with Gasteiger partial charge in [-0.1, -0.05) is 48.5 Å². The fourth-order valence-electron chi connectivity index (χ4n) is 4.66. The fourth-order valence-corrected chi connectivity index (χ4v) is 4.66. The Morgan fingerprint density at radius 2 is 1.78 bits per heavy atom. The number of hydrogen-bond acceptors (Lipinski definition) is 5. The lowest BCUT2D eigenvalue weighted by Gasteiger charge is -2.18. The van der Waals surface area contributed by atoms with Gasteiger partial charge in [0.2, 0.25) is 0 Å². The van der Waals surface area contributed by atoms with Gasteiger partial charge in [-0.3, -0.25) is 9.69 Å². The molecule has 1 fully saturated rings. The summed E-state index contributed by atoms with van der Waals surface area (Å²) >= 11 is 0. The summed E-state index contributed by atoms with van der Waals surface area (Å²) < 4.78 is 1.48. The summed E-state index contributed by atoms with van der Waals surface area (Å²) in [7, 11) is 0. The molecule has 1 aromatic heterocycles. The predicted molar refractivity (Wildman–Crippen MR) is 141 cm³/mol. The molecule has 5 rings (SSSR count). The van der Waals surface area contributed by atoms with Gasteiger partial charge in [-0.05, 0) is 72.5 Å². The van der Waals surface area contributed by atoms with Crippen LogP contribution < -0.4 is 11.1 Å². The monoisotopic (exact) mass is 476 g/mol. The van der Waals surface area contributed by atoms with E-state index < -0.39 is 0 Å². The molecular weight excluding hydrogens is 448 g/mol. The number of nitriles is 1. The van der Waals surface area contributed by atoms with Crippen LogP contribution in [0.5, 0.6) is 0 Å². The van der Waals surface area contributed by atoms with Gasteiger partial charge in [0.05, 0.1) is 5.69 Å². The highest BCUT2D eigenvalue weighted by molar-refractivity contribution is 6.03. The predicted octanol–water partition coefficient (Wildman–Crippen LogP) is 4.72. The number of benzene rings is 3. The maximum Gasteiger partial charge on any atom is 0.274 e. The van der Waals surface area contributed by atoms with Crippen molar-refractivity contribution in [3.8, 4) is 22.9 Å². The van der Waals surface area contributed by atoms with Crippen molar-refractivity contribution in [3.63, 3.8) is 0 Å². The van der Waals surface area contributed by atoms with Gasteiger partial charge in [-0.25, -0.2) is 4.68 Å². The van der Waals surface area contributed by atoms with Crippen molar-refractivity contribution in [2.24, 2.45) is 5.73 Å². The molecule has 0 bridgehead atoms. The molecule has 0 atom stereocenters. The highest BCUT2D eigenvalue weighted by atomic mass is 16.2. The first-order valence-corrected chi connectivity index (χ1v) is 12.2. The minimum absolute atomic E-state index is 0.170. The van der Waals surface area contributed by atoms with Gasteiger partial charge in [0.1, 0.15) is 11.8 Å². The number of nitrogens with one attached hydrogen (secondary N) is 1. The van der Waals surface area contributed by atoms with E-state index in [0.717, 1.165) is 30.8 Å². The van der Waals surface area contributed by atoms with Crippen molar-refractivity contribution in [2.75, 3.05) is 18.4 Å². The molecule has 1 amide bonds. The summed E-state index contributed by atoms with van der Waals surface area (Å²) in [5, 5.41) is 16.6. The lowest BCUT2D eigenvalue weighted by atomic mass is 9.99. The molecule has 1 aliphatic rings. The highest BCUT2D eigenvalue weighted by Crippen LogP contribution is 2.27. The first-order chi connectivity index (χ1) is 17.6. The number of likely N-dealkylation sites (tertiary alicyclic amines) is 1. The van der Waals surface area contributed by atoms with Crippen molar-refractivity contribution in [2.45, 2.75) is 25.9 Å². The number of aromatic nitrogens is 2. The number of rotatable bonds is 7. The second-order valence-electron chi connectivity index (χ2n) is 8.98. The van der Waals surface area contributed by atoms with Crippen LogP contribution in [0.3, 0.4) is 0 Å². The van der Waals surface area contributed by atoms with Crippen LogP contribution in [0.15, 0.2) is 78.9 Å². The average Bonchev–Trinajstić information content (AvgIpc) is 3.60. The quantitative estimate of drug-likeness (QED) is 0.402. The zero-order chi connectivity index (χ0) is 24.9. The van der Waals surface area contributed by atoms with Crippen molar-refractivity contribution in [3.05, 3.63) is 101 Å². The Labute approximate surface area is 210 Å².